The van der Waals surface area contributed by atoms with Crippen LogP contribution in [0, 0.1) is 5.41 Å². The Morgan fingerprint density at radius 1 is 1.55 bits per heavy atom. The summed E-state index contributed by atoms with van der Waals surface area (Å²) in [5.74, 6) is 0. The van der Waals surface area contributed by atoms with Crippen LogP contribution in [0.4, 0.5) is 0 Å². The summed E-state index contributed by atoms with van der Waals surface area (Å²) in [6.07, 6.45) is 3.09. The van der Waals surface area contributed by atoms with Crippen molar-refractivity contribution >= 4 is 0 Å². The van der Waals surface area contributed by atoms with E-state index in [0.717, 1.165) is 0 Å². The minimum atomic E-state index is 0.378. The SMILES string of the molecule is C=CN(C)C(C)C(C)(C)CC. The molecule has 0 spiro atoms. The zero-order chi connectivity index (χ0) is 9.07. The van der Waals surface area contributed by atoms with Gasteiger partial charge in [-0.15, -0.1) is 0 Å². The van der Waals surface area contributed by atoms with Crippen molar-refractivity contribution in [2.75, 3.05) is 7.05 Å². The number of nitrogens with zero attached hydrogens (tertiary/aromatic N) is 1. The van der Waals surface area contributed by atoms with E-state index in [2.05, 4.69) is 46.2 Å². The van der Waals surface area contributed by atoms with Gasteiger partial charge in [-0.05, 0) is 25.0 Å². The summed E-state index contributed by atoms with van der Waals surface area (Å²) in [4.78, 5) is 2.17. The Hall–Kier alpha value is -0.460. The molecule has 1 atom stereocenters. The van der Waals surface area contributed by atoms with E-state index in [1.54, 1.807) is 0 Å². The third kappa shape index (κ3) is 2.57. The Balaban J connectivity index is 4.21. The van der Waals surface area contributed by atoms with Crippen LogP contribution in [0.5, 0.6) is 0 Å². The maximum atomic E-state index is 3.76. The summed E-state index contributed by atoms with van der Waals surface area (Å²) in [5, 5.41) is 0. The van der Waals surface area contributed by atoms with Gasteiger partial charge in [-0.3, -0.25) is 0 Å². The first kappa shape index (κ1) is 10.5. The van der Waals surface area contributed by atoms with Crippen molar-refractivity contribution in [2.24, 2.45) is 5.41 Å². The molecule has 1 heteroatoms. The summed E-state index contributed by atoms with van der Waals surface area (Å²) in [6, 6.07) is 0.560. The highest BCUT2D eigenvalue weighted by atomic mass is 15.1. The van der Waals surface area contributed by atoms with E-state index in [0.29, 0.717) is 11.5 Å². The van der Waals surface area contributed by atoms with Gasteiger partial charge in [0.2, 0.25) is 0 Å². The Labute approximate surface area is 71.1 Å². The quantitative estimate of drug-likeness (QED) is 0.603. The molecule has 0 heterocycles. The van der Waals surface area contributed by atoms with Crippen LogP contribution < -0.4 is 0 Å². The van der Waals surface area contributed by atoms with Gasteiger partial charge in [0, 0.05) is 13.1 Å². The van der Waals surface area contributed by atoms with Crippen LogP contribution in [-0.4, -0.2) is 18.0 Å². The van der Waals surface area contributed by atoms with Crippen molar-refractivity contribution in [3.63, 3.8) is 0 Å². The third-order valence-corrected chi connectivity index (χ3v) is 2.94. The molecule has 0 aromatic carbocycles. The van der Waals surface area contributed by atoms with Crippen LogP contribution in [0.1, 0.15) is 34.1 Å². The molecule has 0 saturated carbocycles. The molecule has 0 aromatic rings. The van der Waals surface area contributed by atoms with E-state index in [1.807, 2.05) is 6.20 Å². The van der Waals surface area contributed by atoms with Gasteiger partial charge in [0.25, 0.3) is 0 Å². The Morgan fingerprint density at radius 3 is 2.27 bits per heavy atom. The van der Waals surface area contributed by atoms with Gasteiger partial charge in [-0.2, -0.15) is 0 Å². The zero-order valence-electron chi connectivity index (χ0n) is 8.52. The molecule has 0 aliphatic heterocycles. The summed E-state index contributed by atoms with van der Waals surface area (Å²) in [6.45, 7) is 12.8. The standard InChI is InChI=1S/C10H21N/c1-7-10(4,5)9(3)11(6)8-2/h8-9H,2,7H2,1,3-6H3. The van der Waals surface area contributed by atoms with Gasteiger partial charge < -0.3 is 4.90 Å². The van der Waals surface area contributed by atoms with E-state index in [1.165, 1.54) is 6.42 Å². The van der Waals surface area contributed by atoms with Crippen LogP contribution in [0.3, 0.4) is 0 Å². The van der Waals surface area contributed by atoms with Gasteiger partial charge in [0.15, 0.2) is 0 Å². The van der Waals surface area contributed by atoms with Gasteiger partial charge in [0.05, 0.1) is 0 Å². The molecule has 0 aromatic heterocycles. The molecule has 1 unspecified atom stereocenters. The van der Waals surface area contributed by atoms with Crippen LogP contribution in [0.15, 0.2) is 12.8 Å². The number of hydrogen-bond donors (Lipinski definition) is 0. The minimum Gasteiger partial charge on any atom is -0.378 e. The first-order chi connectivity index (χ1) is 4.95. The highest BCUT2D eigenvalue weighted by Crippen LogP contribution is 2.27. The largest absolute Gasteiger partial charge is 0.378 e. The molecule has 0 amide bonds. The third-order valence-electron chi connectivity index (χ3n) is 2.94. The molecule has 66 valence electrons. The molecule has 0 radical (unpaired) electrons. The average Bonchev–Trinajstić information content (AvgIpc) is 2.01. The Kier molecular flexibility index (Phi) is 3.64. The van der Waals surface area contributed by atoms with E-state index in [-0.39, 0.29) is 0 Å². The second-order valence-electron chi connectivity index (χ2n) is 3.87. The number of hydrogen-bond acceptors (Lipinski definition) is 1. The van der Waals surface area contributed by atoms with Crippen LogP contribution in [0.2, 0.25) is 0 Å². The molecule has 0 rings (SSSR count). The average molecular weight is 155 g/mol. The second-order valence-corrected chi connectivity index (χ2v) is 3.87. The Bertz CT molecular complexity index is 127. The van der Waals surface area contributed by atoms with Crippen LogP contribution in [0.25, 0.3) is 0 Å². The lowest BCUT2D eigenvalue weighted by atomic mass is 9.82. The van der Waals surface area contributed by atoms with E-state index in [4.69, 9.17) is 0 Å². The topological polar surface area (TPSA) is 3.24 Å². The Morgan fingerprint density at radius 2 is 2.00 bits per heavy atom. The van der Waals surface area contributed by atoms with Crippen molar-refractivity contribution in [1.29, 1.82) is 0 Å². The predicted molar refractivity (Wildman–Crippen MR) is 51.5 cm³/mol. The van der Waals surface area contributed by atoms with Gasteiger partial charge in [0.1, 0.15) is 0 Å². The fourth-order valence-electron chi connectivity index (χ4n) is 1.00. The molecular weight excluding hydrogens is 134 g/mol. The molecule has 0 fully saturated rings. The van der Waals surface area contributed by atoms with Crippen LogP contribution in [-0.2, 0) is 0 Å². The van der Waals surface area contributed by atoms with Crippen molar-refractivity contribution in [2.45, 2.75) is 40.2 Å². The molecule has 0 N–H and O–H groups in total. The van der Waals surface area contributed by atoms with Crippen molar-refractivity contribution in [1.82, 2.24) is 4.90 Å². The summed E-state index contributed by atoms with van der Waals surface area (Å²) in [5.41, 5.74) is 0.378. The van der Waals surface area contributed by atoms with E-state index < -0.39 is 0 Å². The summed E-state index contributed by atoms with van der Waals surface area (Å²) >= 11 is 0. The van der Waals surface area contributed by atoms with Gasteiger partial charge in [-0.25, -0.2) is 0 Å². The minimum absolute atomic E-state index is 0.378. The number of rotatable bonds is 4. The normalized spacial score (nSPS) is 14.3. The molecule has 0 bridgehead atoms. The highest BCUT2D eigenvalue weighted by molar-refractivity contribution is 4.84. The lowest BCUT2D eigenvalue weighted by molar-refractivity contribution is 0.164. The van der Waals surface area contributed by atoms with Crippen molar-refractivity contribution in [3.05, 3.63) is 12.8 Å². The maximum Gasteiger partial charge on any atom is 0.0303 e. The maximum absolute atomic E-state index is 3.76. The molecule has 1 nitrogen and oxygen atoms in total. The molecule has 11 heavy (non-hydrogen) atoms. The zero-order valence-corrected chi connectivity index (χ0v) is 8.52. The molecule has 0 saturated heterocycles. The summed E-state index contributed by atoms with van der Waals surface area (Å²) < 4.78 is 0. The fourth-order valence-corrected chi connectivity index (χ4v) is 1.00. The van der Waals surface area contributed by atoms with Gasteiger partial charge in [-0.1, -0.05) is 27.4 Å². The van der Waals surface area contributed by atoms with Crippen molar-refractivity contribution < 1.29 is 0 Å². The van der Waals surface area contributed by atoms with E-state index >= 15 is 0 Å². The fraction of sp³-hybridized carbons (Fsp3) is 0.800. The van der Waals surface area contributed by atoms with Crippen LogP contribution >= 0.6 is 0 Å². The first-order valence-corrected chi connectivity index (χ1v) is 4.30. The second kappa shape index (κ2) is 3.80. The molecular formula is C10H21N. The molecule has 0 aliphatic rings. The van der Waals surface area contributed by atoms with Gasteiger partial charge >= 0.3 is 0 Å². The lowest BCUT2D eigenvalue weighted by Crippen LogP contribution is -2.37. The van der Waals surface area contributed by atoms with E-state index in [9.17, 15) is 0 Å². The lowest BCUT2D eigenvalue weighted by Gasteiger charge is -2.36. The molecule has 0 aliphatic carbocycles. The monoisotopic (exact) mass is 155 g/mol. The predicted octanol–water partition coefficient (Wildman–Crippen LogP) is 2.89. The smallest absolute Gasteiger partial charge is 0.0303 e. The summed E-state index contributed by atoms with van der Waals surface area (Å²) in [7, 11) is 2.08. The highest BCUT2D eigenvalue weighted by Gasteiger charge is 2.25. The first-order valence-electron chi connectivity index (χ1n) is 4.30. The van der Waals surface area contributed by atoms with Crippen molar-refractivity contribution in [3.8, 4) is 0 Å².